The van der Waals surface area contributed by atoms with Crippen molar-refractivity contribution in [2.24, 2.45) is 0 Å². The number of sulfonamides is 1. The Labute approximate surface area is 147 Å². The van der Waals surface area contributed by atoms with Gasteiger partial charge >= 0.3 is 0 Å². The Morgan fingerprint density at radius 2 is 1.60 bits per heavy atom. The first-order chi connectivity index (χ1) is 12.1. The van der Waals surface area contributed by atoms with Crippen molar-refractivity contribution in [3.63, 3.8) is 0 Å². The third-order valence-corrected chi connectivity index (χ3v) is 4.63. The minimum atomic E-state index is -3.60. The zero-order valence-corrected chi connectivity index (χ0v) is 14.8. The molecule has 0 aliphatic heterocycles. The van der Waals surface area contributed by atoms with E-state index in [-0.39, 0.29) is 18.0 Å². The summed E-state index contributed by atoms with van der Waals surface area (Å²) in [6.07, 6.45) is 0. The summed E-state index contributed by atoms with van der Waals surface area (Å²) in [6, 6.07) is 13.3. The summed E-state index contributed by atoms with van der Waals surface area (Å²) >= 11 is 0. The van der Waals surface area contributed by atoms with E-state index >= 15 is 0 Å². The second kappa shape index (κ2) is 8.97. The zero-order valence-electron chi connectivity index (χ0n) is 14.0. The van der Waals surface area contributed by atoms with E-state index in [1.165, 1.54) is 19.2 Å². The lowest BCUT2D eigenvalue weighted by Crippen LogP contribution is -2.24. The summed E-state index contributed by atoms with van der Waals surface area (Å²) in [5, 5.41) is 0. The van der Waals surface area contributed by atoms with Gasteiger partial charge in [0.2, 0.25) is 10.0 Å². The molecule has 6 nitrogen and oxygen atoms in total. The van der Waals surface area contributed by atoms with Gasteiger partial charge in [-0.1, -0.05) is 24.0 Å². The molecule has 132 valence electrons. The number of hydrogen-bond donors (Lipinski definition) is 1. The van der Waals surface area contributed by atoms with Gasteiger partial charge in [-0.05, 0) is 36.4 Å². The van der Waals surface area contributed by atoms with Gasteiger partial charge in [0.25, 0.3) is 0 Å². The molecule has 0 amide bonds. The molecule has 0 spiro atoms. The van der Waals surface area contributed by atoms with Crippen molar-refractivity contribution in [2.75, 3.05) is 27.4 Å². The lowest BCUT2D eigenvalue weighted by atomic mass is 10.3. The van der Waals surface area contributed by atoms with Crippen LogP contribution in [0, 0.1) is 11.8 Å². The van der Waals surface area contributed by atoms with Gasteiger partial charge in [0.15, 0.2) is 11.5 Å². The molecule has 0 bridgehead atoms. The Morgan fingerprint density at radius 1 is 0.920 bits per heavy atom. The van der Waals surface area contributed by atoms with Gasteiger partial charge in [0.05, 0.1) is 25.7 Å². The molecule has 0 fully saturated rings. The van der Waals surface area contributed by atoms with Crippen LogP contribution in [0.3, 0.4) is 0 Å². The van der Waals surface area contributed by atoms with E-state index in [9.17, 15) is 8.42 Å². The molecule has 0 radical (unpaired) electrons. The fourth-order valence-corrected chi connectivity index (χ4v) is 2.86. The smallest absolute Gasteiger partial charge is 0.241 e. The maximum atomic E-state index is 12.1. The number of methoxy groups -OCH3 is 2. The molecule has 0 aromatic heterocycles. The van der Waals surface area contributed by atoms with E-state index in [1.54, 1.807) is 31.4 Å². The number of para-hydroxylation sites is 2. The van der Waals surface area contributed by atoms with Crippen molar-refractivity contribution >= 4 is 10.0 Å². The number of nitrogens with one attached hydrogen (secondary N) is 1. The highest BCUT2D eigenvalue weighted by atomic mass is 32.2. The van der Waals surface area contributed by atoms with E-state index in [2.05, 4.69) is 16.6 Å². The molecule has 0 heterocycles. The highest BCUT2D eigenvalue weighted by Crippen LogP contribution is 2.25. The van der Waals surface area contributed by atoms with Crippen LogP contribution in [0.2, 0.25) is 0 Å². The Hall–Kier alpha value is -2.69. The normalized spacial score (nSPS) is 10.5. The average Bonchev–Trinajstić information content (AvgIpc) is 2.64. The average molecular weight is 361 g/mol. The van der Waals surface area contributed by atoms with E-state index in [4.69, 9.17) is 14.2 Å². The monoisotopic (exact) mass is 361 g/mol. The molecule has 2 aromatic rings. The fourth-order valence-electron chi connectivity index (χ4n) is 1.93. The minimum Gasteiger partial charge on any atom is -0.497 e. The van der Waals surface area contributed by atoms with Gasteiger partial charge in [-0.2, -0.15) is 4.72 Å². The van der Waals surface area contributed by atoms with Crippen LogP contribution < -0.4 is 18.9 Å². The highest BCUT2D eigenvalue weighted by molar-refractivity contribution is 7.89. The molecule has 0 saturated heterocycles. The Balaban J connectivity index is 1.84. The fraction of sp³-hybridized carbons (Fsp3) is 0.222. The van der Waals surface area contributed by atoms with Crippen molar-refractivity contribution < 1.29 is 22.6 Å². The molecule has 0 saturated carbocycles. The Bertz CT molecular complexity index is 851. The first-order valence-electron chi connectivity index (χ1n) is 7.42. The predicted molar refractivity (Wildman–Crippen MR) is 94.4 cm³/mol. The molecule has 25 heavy (non-hydrogen) atoms. The van der Waals surface area contributed by atoms with Crippen molar-refractivity contribution in [2.45, 2.75) is 4.90 Å². The second-order valence-electron chi connectivity index (χ2n) is 4.79. The van der Waals surface area contributed by atoms with E-state index < -0.39 is 10.0 Å². The van der Waals surface area contributed by atoms with Crippen molar-refractivity contribution in [3.8, 4) is 29.1 Å². The van der Waals surface area contributed by atoms with E-state index in [0.717, 1.165) is 0 Å². The van der Waals surface area contributed by atoms with Crippen LogP contribution >= 0.6 is 0 Å². The third-order valence-electron chi connectivity index (χ3n) is 3.21. The predicted octanol–water partition coefficient (Wildman–Crippen LogP) is 2.06. The first-order valence-corrected chi connectivity index (χ1v) is 8.90. The quantitative estimate of drug-likeness (QED) is 0.764. The molecule has 1 N–H and O–H groups in total. The van der Waals surface area contributed by atoms with E-state index in [0.29, 0.717) is 17.2 Å². The second-order valence-corrected chi connectivity index (χ2v) is 6.56. The summed E-state index contributed by atoms with van der Waals surface area (Å²) in [6.45, 7) is 0.119. The van der Waals surface area contributed by atoms with Crippen molar-refractivity contribution in [1.29, 1.82) is 0 Å². The van der Waals surface area contributed by atoms with Gasteiger partial charge in [-0.25, -0.2) is 8.42 Å². The summed E-state index contributed by atoms with van der Waals surface area (Å²) < 4.78 is 42.3. The van der Waals surface area contributed by atoms with Crippen LogP contribution in [0.4, 0.5) is 0 Å². The van der Waals surface area contributed by atoms with Crippen LogP contribution in [0.5, 0.6) is 17.2 Å². The highest BCUT2D eigenvalue weighted by Gasteiger charge is 2.12. The van der Waals surface area contributed by atoms with Crippen LogP contribution in [0.25, 0.3) is 0 Å². The molecule has 0 aliphatic rings. The molecular formula is C18H19NO5S. The molecule has 2 rings (SSSR count). The molecule has 0 atom stereocenters. The summed E-state index contributed by atoms with van der Waals surface area (Å²) in [5.74, 6) is 7.25. The maximum absolute atomic E-state index is 12.1. The minimum absolute atomic E-state index is 0.0103. The summed E-state index contributed by atoms with van der Waals surface area (Å²) in [4.78, 5) is 0.153. The summed E-state index contributed by atoms with van der Waals surface area (Å²) in [7, 11) is -0.528. The summed E-state index contributed by atoms with van der Waals surface area (Å²) in [5.41, 5.74) is 0. The van der Waals surface area contributed by atoms with Crippen LogP contribution in [-0.4, -0.2) is 35.8 Å². The van der Waals surface area contributed by atoms with Gasteiger partial charge in [-0.3, -0.25) is 0 Å². The molecule has 2 aromatic carbocycles. The SMILES string of the molecule is COc1ccc(S(=O)(=O)NCC#CCOc2ccccc2OC)cc1. The van der Waals surface area contributed by atoms with Gasteiger partial charge < -0.3 is 14.2 Å². The molecule has 0 unspecified atom stereocenters. The number of benzene rings is 2. The van der Waals surface area contributed by atoms with E-state index in [1.807, 2.05) is 12.1 Å². The lowest BCUT2D eigenvalue weighted by molar-refractivity contribution is 0.331. The van der Waals surface area contributed by atoms with Gasteiger partial charge in [-0.15, -0.1) is 0 Å². The Morgan fingerprint density at radius 3 is 2.24 bits per heavy atom. The standard InChI is InChI=1S/C18H19NO5S/c1-22-15-9-11-16(12-10-15)25(20,21)19-13-5-6-14-24-18-8-4-3-7-17(18)23-2/h3-4,7-12,19H,13-14H2,1-2H3. The van der Waals surface area contributed by atoms with Crippen LogP contribution in [0.15, 0.2) is 53.4 Å². The lowest BCUT2D eigenvalue weighted by Gasteiger charge is -2.07. The molecular weight excluding hydrogens is 342 g/mol. The number of ether oxygens (including phenoxy) is 3. The third kappa shape index (κ3) is 5.41. The zero-order chi connectivity index (χ0) is 18.1. The van der Waals surface area contributed by atoms with Crippen molar-refractivity contribution in [1.82, 2.24) is 4.72 Å². The largest absolute Gasteiger partial charge is 0.497 e. The van der Waals surface area contributed by atoms with Gasteiger partial charge in [0, 0.05) is 0 Å². The molecule has 7 heteroatoms. The van der Waals surface area contributed by atoms with Crippen molar-refractivity contribution in [3.05, 3.63) is 48.5 Å². The first kappa shape index (κ1) is 18.6. The number of rotatable bonds is 7. The van der Waals surface area contributed by atoms with Gasteiger partial charge in [0.1, 0.15) is 12.4 Å². The van der Waals surface area contributed by atoms with Crippen LogP contribution in [0.1, 0.15) is 0 Å². The van der Waals surface area contributed by atoms with Crippen LogP contribution in [-0.2, 0) is 10.0 Å². The molecule has 0 aliphatic carbocycles. The topological polar surface area (TPSA) is 73.9 Å². The number of hydrogen-bond acceptors (Lipinski definition) is 5. The Kier molecular flexibility index (Phi) is 6.69. The maximum Gasteiger partial charge on any atom is 0.241 e.